The molecule has 2 aromatic carbocycles. The molecular formula is C17H12Cl2N2O4. The van der Waals surface area contributed by atoms with Crippen molar-refractivity contribution in [2.45, 2.75) is 0 Å². The zero-order valence-electron chi connectivity index (χ0n) is 12.7. The lowest BCUT2D eigenvalue weighted by Gasteiger charge is -2.06. The Bertz CT molecular complexity index is 868. The Morgan fingerprint density at radius 1 is 1.04 bits per heavy atom. The molecule has 0 aliphatic carbocycles. The zero-order chi connectivity index (χ0) is 17.8. The van der Waals surface area contributed by atoms with Gasteiger partial charge >= 0.3 is 0 Å². The van der Waals surface area contributed by atoms with Gasteiger partial charge in [0, 0.05) is 11.6 Å². The second kappa shape index (κ2) is 7.46. The molecule has 1 aliphatic heterocycles. The Morgan fingerprint density at radius 2 is 1.84 bits per heavy atom. The predicted molar refractivity (Wildman–Crippen MR) is 93.7 cm³/mol. The molecule has 0 bridgehead atoms. The number of carbonyl (C=O) groups is 2. The van der Waals surface area contributed by atoms with Crippen molar-refractivity contribution in [3.63, 3.8) is 0 Å². The Kier molecular flexibility index (Phi) is 5.11. The van der Waals surface area contributed by atoms with E-state index in [4.69, 9.17) is 32.7 Å². The third-order valence-corrected chi connectivity index (χ3v) is 4.16. The van der Waals surface area contributed by atoms with Crippen molar-refractivity contribution >= 4 is 41.1 Å². The Labute approximate surface area is 153 Å². The molecule has 0 atom stereocenters. The highest BCUT2D eigenvalue weighted by molar-refractivity contribution is 6.42. The van der Waals surface area contributed by atoms with E-state index in [1.54, 1.807) is 30.3 Å². The normalized spacial score (nSPS) is 12.2. The van der Waals surface area contributed by atoms with Gasteiger partial charge in [-0.25, -0.2) is 0 Å². The van der Waals surface area contributed by atoms with Gasteiger partial charge in [-0.3, -0.25) is 20.4 Å². The highest BCUT2D eigenvalue weighted by atomic mass is 35.5. The van der Waals surface area contributed by atoms with Gasteiger partial charge in [0.1, 0.15) is 0 Å². The van der Waals surface area contributed by atoms with E-state index >= 15 is 0 Å². The molecule has 1 aliphatic rings. The summed E-state index contributed by atoms with van der Waals surface area (Å²) >= 11 is 11.9. The van der Waals surface area contributed by atoms with Gasteiger partial charge in [0.15, 0.2) is 11.5 Å². The summed E-state index contributed by atoms with van der Waals surface area (Å²) in [6, 6.07) is 9.80. The van der Waals surface area contributed by atoms with E-state index in [-0.39, 0.29) is 6.79 Å². The van der Waals surface area contributed by atoms with E-state index < -0.39 is 11.8 Å². The van der Waals surface area contributed by atoms with Crippen LogP contribution in [-0.2, 0) is 4.79 Å². The fourth-order valence-corrected chi connectivity index (χ4v) is 2.46. The zero-order valence-corrected chi connectivity index (χ0v) is 14.2. The third-order valence-electron chi connectivity index (χ3n) is 3.33. The van der Waals surface area contributed by atoms with Gasteiger partial charge in [-0.1, -0.05) is 35.3 Å². The van der Waals surface area contributed by atoms with E-state index in [2.05, 4.69) is 10.9 Å². The van der Waals surface area contributed by atoms with Crippen molar-refractivity contribution in [3.8, 4) is 11.5 Å². The van der Waals surface area contributed by atoms with Gasteiger partial charge in [0.2, 0.25) is 6.79 Å². The van der Waals surface area contributed by atoms with E-state index in [1.165, 1.54) is 18.2 Å². The first-order valence-electron chi connectivity index (χ1n) is 7.16. The van der Waals surface area contributed by atoms with Crippen molar-refractivity contribution in [2.75, 3.05) is 6.79 Å². The average Bonchev–Trinajstić information content (AvgIpc) is 3.08. The van der Waals surface area contributed by atoms with E-state index in [1.807, 2.05) is 0 Å². The van der Waals surface area contributed by atoms with Gasteiger partial charge in [-0.15, -0.1) is 0 Å². The average molecular weight is 379 g/mol. The largest absolute Gasteiger partial charge is 0.454 e. The summed E-state index contributed by atoms with van der Waals surface area (Å²) < 4.78 is 10.4. The van der Waals surface area contributed by atoms with Gasteiger partial charge in [-0.2, -0.15) is 0 Å². The van der Waals surface area contributed by atoms with Gasteiger partial charge in [-0.05, 0) is 35.9 Å². The van der Waals surface area contributed by atoms with Crippen LogP contribution in [0.3, 0.4) is 0 Å². The quantitative estimate of drug-likeness (QED) is 0.635. The van der Waals surface area contributed by atoms with Gasteiger partial charge in [0.25, 0.3) is 11.8 Å². The lowest BCUT2D eigenvalue weighted by atomic mass is 10.2. The summed E-state index contributed by atoms with van der Waals surface area (Å²) in [7, 11) is 0. The molecule has 0 fully saturated rings. The minimum atomic E-state index is -0.523. The highest BCUT2D eigenvalue weighted by Crippen LogP contribution is 2.32. The number of hydrogen-bond acceptors (Lipinski definition) is 4. The second-order valence-electron chi connectivity index (χ2n) is 4.99. The maximum absolute atomic E-state index is 12.0. The molecule has 0 aromatic heterocycles. The molecular weight excluding hydrogens is 367 g/mol. The van der Waals surface area contributed by atoms with E-state index in [0.29, 0.717) is 32.7 Å². The first kappa shape index (κ1) is 17.1. The summed E-state index contributed by atoms with van der Waals surface area (Å²) in [5.41, 5.74) is 5.50. The summed E-state index contributed by atoms with van der Waals surface area (Å²) in [6.45, 7) is 0.119. The number of nitrogens with one attached hydrogen (secondary N) is 2. The molecule has 6 nitrogen and oxygen atoms in total. The van der Waals surface area contributed by atoms with Crippen LogP contribution in [0.2, 0.25) is 10.0 Å². The van der Waals surface area contributed by atoms with Crippen molar-refractivity contribution in [2.24, 2.45) is 0 Å². The fourth-order valence-electron chi connectivity index (χ4n) is 2.08. The molecule has 2 N–H and O–H groups in total. The standard InChI is InChI=1S/C17H12Cl2N2O4/c18-12-3-1-2-10(16(12)19)5-7-15(22)20-21-17(23)11-4-6-13-14(8-11)25-9-24-13/h1-8H,9H2,(H,20,22)(H,21,23)/b7-5+. The summed E-state index contributed by atoms with van der Waals surface area (Å²) in [5, 5.41) is 0.734. The van der Waals surface area contributed by atoms with Crippen LogP contribution >= 0.6 is 23.2 Å². The Hall–Kier alpha value is -2.70. The second-order valence-corrected chi connectivity index (χ2v) is 5.77. The molecule has 0 saturated heterocycles. The van der Waals surface area contributed by atoms with Crippen molar-refractivity contribution < 1.29 is 19.1 Å². The minimum absolute atomic E-state index is 0.119. The molecule has 0 radical (unpaired) electrons. The first-order valence-corrected chi connectivity index (χ1v) is 7.92. The van der Waals surface area contributed by atoms with Crippen LogP contribution in [-0.4, -0.2) is 18.6 Å². The van der Waals surface area contributed by atoms with Crippen LogP contribution in [0, 0.1) is 0 Å². The molecule has 0 unspecified atom stereocenters. The highest BCUT2D eigenvalue weighted by Gasteiger charge is 2.16. The summed E-state index contributed by atoms with van der Waals surface area (Å²) in [6.07, 6.45) is 2.73. The fraction of sp³-hybridized carbons (Fsp3) is 0.0588. The van der Waals surface area contributed by atoms with Crippen LogP contribution in [0.1, 0.15) is 15.9 Å². The Morgan fingerprint density at radius 3 is 2.68 bits per heavy atom. The molecule has 2 aromatic rings. The van der Waals surface area contributed by atoms with Gasteiger partial charge < -0.3 is 9.47 Å². The number of halogens is 2. The van der Waals surface area contributed by atoms with Crippen molar-refractivity contribution in [1.82, 2.24) is 10.9 Å². The minimum Gasteiger partial charge on any atom is -0.454 e. The lowest BCUT2D eigenvalue weighted by molar-refractivity contribution is -0.117. The number of benzene rings is 2. The molecule has 0 saturated carbocycles. The summed E-state index contributed by atoms with van der Waals surface area (Å²) in [4.78, 5) is 23.8. The molecule has 2 amide bonds. The maximum Gasteiger partial charge on any atom is 0.269 e. The third kappa shape index (κ3) is 4.04. The number of amides is 2. The number of carbonyl (C=O) groups excluding carboxylic acids is 2. The topological polar surface area (TPSA) is 76.7 Å². The number of hydrogen-bond donors (Lipinski definition) is 2. The van der Waals surface area contributed by atoms with Crippen LogP contribution in [0.25, 0.3) is 6.08 Å². The molecule has 8 heteroatoms. The molecule has 128 valence electrons. The first-order chi connectivity index (χ1) is 12.0. The lowest BCUT2D eigenvalue weighted by Crippen LogP contribution is -2.40. The molecule has 25 heavy (non-hydrogen) atoms. The van der Waals surface area contributed by atoms with E-state index in [0.717, 1.165) is 0 Å². The number of ether oxygens (including phenoxy) is 2. The van der Waals surface area contributed by atoms with Crippen LogP contribution < -0.4 is 20.3 Å². The van der Waals surface area contributed by atoms with Crippen molar-refractivity contribution in [1.29, 1.82) is 0 Å². The smallest absolute Gasteiger partial charge is 0.269 e. The molecule has 1 heterocycles. The predicted octanol–water partition coefficient (Wildman–Crippen LogP) is 3.20. The summed E-state index contributed by atoms with van der Waals surface area (Å²) in [5.74, 6) is 0.0439. The number of fused-ring (bicyclic) bond motifs is 1. The molecule has 3 rings (SSSR count). The Balaban J connectivity index is 1.57. The number of rotatable bonds is 3. The van der Waals surface area contributed by atoms with Crippen molar-refractivity contribution in [3.05, 3.63) is 63.6 Å². The monoisotopic (exact) mass is 378 g/mol. The SMILES string of the molecule is O=C(/C=C/c1cccc(Cl)c1Cl)NNC(=O)c1ccc2c(c1)OCO2. The number of hydrazine groups is 1. The van der Waals surface area contributed by atoms with Gasteiger partial charge in [0.05, 0.1) is 10.0 Å². The molecule has 0 spiro atoms. The van der Waals surface area contributed by atoms with Crippen LogP contribution in [0.15, 0.2) is 42.5 Å². The van der Waals surface area contributed by atoms with Crippen LogP contribution in [0.4, 0.5) is 0 Å². The van der Waals surface area contributed by atoms with Crippen LogP contribution in [0.5, 0.6) is 11.5 Å². The maximum atomic E-state index is 12.0. The van der Waals surface area contributed by atoms with E-state index in [9.17, 15) is 9.59 Å².